The zero-order valence-corrected chi connectivity index (χ0v) is 12.8. The van der Waals surface area contributed by atoms with E-state index in [1.54, 1.807) is 13.8 Å². The predicted molar refractivity (Wildman–Crippen MR) is 79.8 cm³/mol. The van der Waals surface area contributed by atoms with Gasteiger partial charge >= 0.3 is 0 Å². The summed E-state index contributed by atoms with van der Waals surface area (Å²) in [7, 11) is -1.38. The van der Waals surface area contributed by atoms with Crippen LogP contribution in [0.3, 0.4) is 0 Å². The van der Waals surface area contributed by atoms with Gasteiger partial charge in [-0.1, -0.05) is 49.5 Å². The molecule has 0 unspecified atom stereocenters. The largest absolute Gasteiger partial charge is 0.378 e. The van der Waals surface area contributed by atoms with Gasteiger partial charge in [0.2, 0.25) is 0 Å². The van der Waals surface area contributed by atoms with Crippen LogP contribution in [0.4, 0.5) is 0 Å². The predicted octanol–water partition coefficient (Wildman–Crippen LogP) is 3.04. The second-order valence-electron chi connectivity index (χ2n) is 5.85. The Morgan fingerprint density at radius 1 is 1.00 bits per heavy atom. The van der Waals surface area contributed by atoms with Crippen molar-refractivity contribution in [3.05, 3.63) is 35.4 Å². The maximum Gasteiger partial charge on any atom is 0.129 e. The second-order valence-corrected chi connectivity index (χ2v) is 10.6. The minimum Gasteiger partial charge on any atom is -0.378 e. The standard InChI is InChI=1S/C16H20OSi/c1-16(2,17)12-10-14-8-6-7-9-15(14)11-13-18(3,4)5/h6-9,17H,1-5H3. The van der Waals surface area contributed by atoms with Crippen LogP contribution in [-0.2, 0) is 0 Å². The molecule has 18 heavy (non-hydrogen) atoms. The molecule has 0 amide bonds. The molecule has 0 aliphatic carbocycles. The lowest BCUT2D eigenvalue weighted by Gasteiger charge is -2.06. The Bertz CT molecular complexity index is 486. The molecule has 0 atom stereocenters. The molecular formula is C16H20OSi. The minimum absolute atomic E-state index is 0.880. The maximum atomic E-state index is 9.63. The van der Waals surface area contributed by atoms with Crippen LogP contribution >= 0.6 is 0 Å². The Morgan fingerprint density at radius 3 is 1.94 bits per heavy atom. The normalized spacial score (nSPS) is 11.0. The Hall–Kier alpha value is -1.48. The molecule has 0 saturated heterocycles. The maximum absolute atomic E-state index is 9.63. The van der Waals surface area contributed by atoms with Gasteiger partial charge < -0.3 is 5.11 Å². The van der Waals surface area contributed by atoms with Crippen molar-refractivity contribution in [2.24, 2.45) is 0 Å². The number of benzene rings is 1. The van der Waals surface area contributed by atoms with Gasteiger partial charge in [0, 0.05) is 11.1 Å². The fourth-order valence-corrected chi connectivity index (χ4v) is 1.69. The van der Waals surface area contributed by atoms with E-state index >= 15 is 0 Å². The smallest absolute Gasteiger partial charge is 0.129 e. The van der Waals surface area contributed by atoms with E-state index in [2.05, 4.69) is 42.9 Å². The van der Waals surface area contributed by atoms with Gasteiger partial charge in [-0.25, -0.2) is 0 Å². The highest BCUT2D eigenvalue weighted by molar-refractivity contribution is 6.83. The van der Waals surface area contributed by atoms with E-state index in [1.807, 2.05) is 24.3 Å². The van der Waals surface area contributed by atoms with Crippen LogP contribution in [-0.4, -0.2) is 18.8 Å². The first kappa shape index (κ1) is 14.6. The first-order valence-electron chi connectivity index (χ1n) is 6.05. The number of rotatable bonds is 0. The summed E-state index contributed by atoms with van der Waals surface area (Å²) < 4.78 is 0. The van der Waals surface area contributed by atoms with Crippen LogP contribution in [0.1, 0.15) is 25.0 Å². The third-order valence-corrected chi connectivity index (χ3v) is 2.88. The summed E-state index contributed by atoms with van der Waals surface area (Å²) in [6.07, 6.45) is 0. The lowest BCUT2D eigenvalue weighted by atomic mass is 10.1. The Kier molecular flexibility index (Phi) is 4.41. The van der Waals surface area contributed by atoms with Crippen molar-refractivity contribution >= 4 is 8.07 Å². The Morgan fingerprint density at radius 2 is 1.50 bits per heavy atom. The summed E-state index contributed by atoms with van der Waals surface area (Å²) in [5.74, 6) is 9.04. The van der Waals surface area contributed by atoms with Gasteiger partial charge in [0.15, 0.2) is 0 Å². The SMILES string of the molecule is CC(C)(O)C#Cc1ccccc1C#C[Si](C)(C)C. The molecule has 0 bridgehead atoms. The molecule has 0 radical (unpaired) electrons. The summed E-state index contributed by atoms with van der Waals surface area (Å²) in [5, 5.41) is 9.63. The molecule has 1 aromatic carbocycles. The zero-order chi connectivity index (χ0) is 13.8. The second kappa shape index (κ2) is 5.44. The summed E-state index contributed by atoms with van der Waals surface area (Å²) in [6.45, 7) is 9.99. The topological polar surface area (TPSA) is 20.2 Å². The average Bonchev–Trinajstić information content (AvgIpc) is 2.22. The minimum atomic E-state index is -1.38. The van der Waals surface area contributed by atoms with E-state index in [4.69, 9.17) is 0 Å². The Balaban J connectivity index is 3.14. The van der Waals surface area contributed by atoms with E-state index in [0.717, 1.165) is 11.1 Å². The fourth-order valence-electron chi connectivity index (χ4n) is 1.18. The number of aliphatic hydroxyl groups is 1. The molecule has 2 heteroatoms. The monoisotopic (exact) mass is 256 g/mol. The summed E-state index contributed by atoms with van der Waals surface area (Å²) in [6, 6.07) is 7.81. The highest BCUT2D eigenvalue weighted by atomic mass is 28.3. The fraction of sp³-hybridized carbons (Fsp3) is 0.375. The van der Waals surface area contributed by atoms with Gasteiger partial charge in [0.05, 0.1) is 0 Å². The van der Waals surface area contributed by atoms with Crippen molar-refractivity contribution in [1.29, 1.82) is 0 Å². The molecule has 0 spiro atoms. The molecular weight excluding hydrogens is 236 g/mol. The summed E-state index contributed by atoms with van der Waals surface area (Å²) in [4.78, 5) is 0. The molecule has 0 heterocycles. The van der Waals surface area contributed by atoms with Gasteiger partial charge in [0.1, 0.15) is 13.7 Å². The van der Waals surface area contributed by atoms with Gasteiger partial charge in [-0.05, 0) is 26.0 Å². The third kappa shape index (κ3) is 5.73. The molecule has 94 valence electrons. The van der Waals surface area contributed by atoms with Crippen LogP contribution in [0.5, 0.6) is 0 Å². The van der Waals surface area contributed by atoms with Crippen molar-refractivity contribution < 1.29 is 5.11 Å². The molecule has 1 aromatic rings. The van der Waals surface area contributed by atoms with Gasteiger partial charge in [0.25, 0.3) is 0 Å². The summed E-state index contributed by atoms with van der Waals surface area (Å²) >= 11 is 0. The third-order valence-electron chi connectivity index (χ3n) is 2.00. The molecule has 0 aliphatic heterocycles. The molecule has 1 nitrogen and oxygen atoms in total. The quantitative estimate of drug-likeness (QED) is 0.559. The molecule has 0 aliphatic rings. The molecule has 1 rings (SSSR count). The lowest BCUT2D eigenvalue weighted by molar-refractivity contribution is 0.143. The van der Waals surface area contributed by atoms with E-state index in [1.165, 1.54) is 0 Å². The van der Waals surface area contributed by atoms with Gasteiger partial charge in [-0.3, -0.25) is 0 Å². The van der Waals surface area contributed by atoms with Crippen LogP contribution in [0, 0.1) is 23.3 Å². The van der Waals surface area contributed by atoms with Crippen molar-refractivity contribution in [1.82, 2.24) is 0 Å². The van der Waals surface area contributed by atoms with Crippen molar-refractivity contribution in [3.63, 3.8) is 0 Å². The van der Waals surface area contributed by atoms with Crippen molar-refractivity contribution in [3.8, 4) is 23.3 Å². The number of hydrogen-bond donors (Lipinski definition) is 1. The van der Waals surface area contributed by atoms with Gasteiger partial charge in [-0.2, -0.15) is 0 Å². The molecule has 0 fully saturated rings. The number of hydrogen-bond acceptors (Lipinski definition) is 1. The average molecular weight is 256 g/mol. The Labute approximate surface area is 111 Å². The van der Waals surface area contributed by atoms with E-state index in [-0.39, 0.29) is 0 Å². The van der Waals surface area contributed by atoms with Crippen LogP contribution < -0.4 is 0 Å². The van der Waals surface area contributed by atoms with E-state index < -0.39 is 13.7 Å². The summed E-state index contributed by atoms with van der Waals surface area (Å²) in [5.41, 5.74) is 4.18. The van der Waals surface area contributed by atoms with Crippen LogP contribution in [0.2, 0.25) is 19.6 Å². The van der Waals surface area contributed by atoms with Crippen molar-refractivity contribution in [2.75, 3.05) is 0 Å². The highest BCUT2D eigenvalue weighted by Gasteiger charge is 2.08. The first-order chi connectivity index (χ1) is 8.17. The first-order valence-corrected chi connectivity index (χ1v) is 9.55. The van der Waals surface area contributed by atoms with Crippen LogP contribution in [0.15, 0.2) is 24.3 Å². The molecule has 0 saturated carbocycles. The highest BCUT2D eigenvalue weighted by Crippen LogP contribution is 2.08. The molecule has 1 N–H and O–H groups in total. The van der Waals surface area contributed by atoms with E-state index in [9.17, 15) is 5.11 Å². The lowest BCUT2D eigenvalue weighted by Crippen LogP contribution is -2.16. The zero-order valence-electron chi connectivity index (χ0n) is 11.8. The van der Waals surface area contributed by atoms with Crippen LogP contribution in [0.25, 0.3) is 0 Å². The van der Waals surface area contributed by atoms with Gasteiger partial charge in [-0.15, -0.1) is 5.54 Å². The molecule has 0 aromatic heterocycles. The van der Waals surface area contributed by atoms with Crippen molar-refractivity contribution in [2.45, 2.75) is 39.1 Å². The van der Waals surface area contributed by atoms with E-state index in [0.29, 0.717) is 0 Å².